The number of carbonyl (C=O) groups is 1. The van der Waals surface area contributed by atoms with E-state index in [1.165, 1.54) is 12.8 Å². The van der Waals surface area contributed by atoms with Crippen LogP contribution in [0, 0.1) is 19.8 Å². The third kappa shape index (κ3) is 2.76. The van der Waals surface area contributed by atoms with Crippen LogP contribution in [0.25, 0.3) is 0 Å². The molecule has 5 heteroatoms. The van der Waals surface area contributed by atoms with Gasteiger partial charge in [0.1, 0.15) is 0 Å². The molecule has 1 heterocycles. The van der Waals surface area contributed by atoms with Crippen molar-refractivity contribution in [1.29, 1.82) is 0 Å². The van der Waals surface area contributed by atoms with Gasteiger partial charge in [-0.1, -0.05) is 12.8 Å². The molecule has 0 aromatic carbocycles. The number of carboxylic acid groups (broad SMARTS) is 1. The van der Waals surface area contributed by atoms with Crippen LogP contribution in [-0.2, 0) is 11.3 Å². The summed E-state index contributed by atoms with van der Waals surface area (Å²) in [5.74, 6) is -1.01. The van der Waals surface area contributed by atoms with E-state index in [4.69, 9.17) is 0 Å². The number of rotatable bonds is 4. The first kappa shape index (κ1) is 14.8. The summed E-state index contributed by atoms with van der Waals surface area (Å²) in [5, 5.41) is 9.21. The number of aromatic nitrogens is 2. The van der Waals surface area contributed by atoms with Gasteiger partial charge in [0, 0.05) is 23.5 Å². The minimum absolute atomic E-state index is 0.256. The molecule has 0 amide bonds. The lowest BCUT2D eigenvalue weighted by atomic mass is 9.97. The van der Waals surface area contributed by atoms with Gasteiger partial charge in [-0.25, -0.2) is 4.79 Å². The monoisotopic (exact) mass is 278 g/mol. The summed E-state index contributed by atoms with van der Waals surface area (Å²) in [4.78, 5) is 27.4. The fourth-order valence-electron chi connectivity index (χ4n) is 3.23. The van der Waals surface area contributed by atoms with Crippen LogP contribution in [0.5, 0.6) is 0 Å². The average molecular weight is 278 g/mol. The van der Waals surface area contributed by atoms with E-state index >= 15 is 0 Å². The molecule has 20 heavy (non-hydrogen) atoms. The van der Waals surface area contributed by atoms with E-state index in [1.54, 1.807) is 18.4 Å². The van der Waals surface area contributed by atoms with Crippen LogP contribution in [0.2, 0.25) is 0 Å². The van der Waals surface area contributed by atoms with Gasteiger partial charge >= 0.3 is 11.7 Å². The minimum Gasteiger partial charge on any atom is -0.481 e. The summed E-state index contributed by atoms with van der Waals surface area (Å²) in [7, 11) is 0. The van der Waals surface area contributed by atoms with Gasteiger partial charge in [-0.3, -0.25) is 9.36 Å². The summed E-state index contributed by atoms with van der Waals surface area (Å²) in [5.41, 5.74) is 1.71. The van der Waals surface area contributed by atoms with E-state index in [0.717, 1.165) is 18.5 Å². The highest BCUT2D eigenvalue weighted by Crippen LogP contribution is 2.27. The molecule has 0 bridgehead atoms. The van der Waals surface area contributed by atoms with Gasteiger partial charge in [0.05, 0.1) is 5.92 Å². The van der Waals surface area contributed by atoms with Crippen molar-refractivity contribution in [3.63, 3.8) is 0 Å². The number of aryl methyl sites for hydroxylation is 1. The Labute approximate surface area is 118 Å². The van der Waals surface area contributed by atoms with Crippen LogP contribution < -0.4 is 5.69 Å². The molecule has 2 rings (SSSR count). The van der Waals surface area contributed by atoms with Crippen molar-refractivity contribution in [3.05, 3.63) is 27.4 Å². The van der Waals surface area contributed by atoms with Gasteiger partial charge in [-0.15, -0.1) is 0 Å². The second-order valence-electron chi connectivity index (χ2n) is 5.80. The van der Waals surface area contributed by atoms with E-state index in [0.29, 0.717) is 23.7 Å². The Morgan fingerprint density at radius 3 is 2.55 bits per heavy atom. The van der Waals surface area contributed by atoms with E-state index in [2.05, 4.69) is 4.98 Å². The second-order valence-corrected chi connectivity index (χ2v) is 5.80. The van der Waals surface area contributed by atoms with Gasteiger partial charge in [-0.2, -0.15) is 4.98 Å². The molecule has 1 aromatic rings. The molecule has 1 atom stereocenters. The molecule has 1 N–H and O–H groups in total. The van der Waals surface area contributed by atoms with Crippen LogP contribution in [0.1, 0.15) is 55.5 Å². The van der Waals surface area contributed by atoms with Crippen LogP contribution >= 0.6 is 0 Å². The first-order valence-electron chi connectivity index (χ1n) is 7.22. The molecule has 110 valence electrons. The van der Waals surface area contributed by atoms with Crippen LogP contribution in [-0.4, -0.2) is 20.6 Å². The largest absolute Gasteiger partial charge is 0.481 e. The maximum atomic E-state index is 12.1. The summed E-state index contributed by atoms with van der Waals surface area (Å²) < 4.78 is 1.66. The lowest BCUT2D eigenvalue weighted by Crippen LogP contribution is -2.31. The van der Waals surface area contributed by atoms with Crippen LogP contribution in [0.3, 0.4) is 0 Å². The highest BCUT2D eigenvalue weighted by molar-refractivity contribution is 5.76. The maximum Gasteiger partial charge on any atom is 0.347 e. The topological polar surface area (TPSA) is 72.2 Å². The molecule has 1 aliphatic carbocycles. The molecular weight excluding hydrogens is 256 g/mol. The maximum absolute atomic E-state index is 12.1. The Balaban J connectivity index is 2.43. The van der Waals surface area contributed by atoms with Crippen molar-refractivity contribution in [3.8, 4) is 0 Å². The fourth-order valence-corrected chi connectivity index (χ4v) is 3.23. The fraction of sp³-hybridized carbons (Fsp3) is 0.667. The van der Waals surface area contributed by atoms with Gasteiger partial charge in [0.2, 0.25) is 0 Å². The molecule has 0 aliphatic heterocycles. The molecule has 1 aromatic heterocycles. The number of nitrogens with zero attached hydrogens (tertiary/aromatic N) is 2. The standard InChI is InChI=1S/C15H22N2O3/c1-9(14(18)19)13-10(2)16-15(20)17(11(13)3)8-12-6-4-5-7-12/h9,12H,4-8H2,1-3H3,(H,18,19). The van der Waals surface area contributed by atoms with Crippen molar-refractivity contribution in [2.24, 2.45) is 5.92 Å². The second kappa shape index (κ2) is 5.77. The van der Waals surface area contributed by atoms with Crippen molar-refractivity contribution in [1.82, 2.24) is 9.55 Å². The Bertz CT molecular complexity index is 571. The minimum atomic E-state index is -0.885. The zero-order valence-corrected chi connectivity index (χ0v) is 12.3. The first-order valence-corrected chi connectivity index (χ1v) is 7.22. The Morgan fingerprint density at radius 2 is 2.00 bits per heavy atom. The van der Waals surface area contributed by atoms with Crippen molar-refractivity contribution >= 4 is 5.97 Å². The highest BCUT2D eigenvalue weighted by Gasteiger charge is 2.24. The number of hydrogen-bond acceptors (Lipinski definition) is 3. The normalized spacial score (nSPS) is 17.4. The van der Waals surface area contributed by atoms with Gasteiger partial charge < -0.3 is 5.11 Å². The average Bonchev–Trinajstić information content (AvgIpc) is 2.86. The highest BCUT2D eigenvalue weighted by atomic mass is 16.4. The smallest absolute Gasteiger partial charge is 0.347 e. The Kier molecular flexibility index (Phi) is 4.26. The lowest BCUT2D eigenvalue weighted by Gasteiger charge is -2.20. The van der Waals surface area contributed by atoms with Gasteiger partial charge in [-0.05, 0) is 39.5 Å². The summed E-state index contributed by atoms with van der Waals surface area (Å²) in [6.07, 6.45) is 4.72. The third-order valence-electron chi connectivity index (χ3n) is 4.40. The lowest BCUT2D eigenvalue weighted by molar-refractivity contribution is -0.138. The Hall–Kier alpha value is -1.65. The summed E-state index contributed by atoms with van der Waals surface area (Å²) in [6.45, 7) is 5.85. The number of aliphatic carboxylic acids is 1. The number of hydrogen-bond donors (Lipinski definition) is 1. The SMILES string of the molecule is Cc1nc(=O)n(CC2CCCC2)c(C)c1C(C)C(=O)O. The molecule has 1 aliphatic rings. The van der Waals surface area contributed by atoms with E-state index in [-0.39, 0.29) is 5.69 Å². The van der Waals surface area contributed by atoms with Crippen molar-refractivity contribution in [2.45, 2.75) is 58.9 Å². The zero-order chi connectivity index (χ0) is 14.9. The van der Waals surface area contributed by atoms with E-state index in [9.17, 15) is 14.7 Å². The number of carboxylic acids is 1. The predicted molar refractivity (Wildman–Crippen MR) is 76.0 cm³/mol. The van der Waals surface area contributed by atoms with E-state index < -0.39 is 11.9 Å². The third-order valence-corrected chi connectivity index (χ3v) is 4.40. The molecule has 0 saturated heterocycles. The van der Waals surface area contributed by atoms with Crippen molar-refractivity contribution < 1.29 is 9.90 Å². The molecule has 5 nitrogen and oxygen atoms in total. The van der Waals surface area contributed by atoms with Crippen molar-refractivity contribution in [2.75, 3.05) is 0 Å². The Morgan fingerprint density at radius 1 is 1.40 bits per heavy atom. The molecule has 0 spiro atoms. The molecule has 1 saturated carbocycles. The molecular formula is C15H22N2O3. The molecule has 1 unspecified atom stereocenters. The summed E-state index contributed by atoms with van der Waals surface area (Å²) in [6, 6.07) is 0. The zero-order valence-electron chi connectivity index (χ0n) is 12.3. The van der Waals surface area contributed by atoms with Crippen LogP contribution in [0.15, 0.2) is 4.79 Å². The van der Waals surface area contributed by atoms with Crippen LogP contribution in [0.4, 0.5) is 0 Å². The molecule has 0 radical (unpaired) electrons. The van der Waals surface area contributed by atoms with E-state index in [1.807, 2.05) is 6.92 Å². The first-order chi connectivity index (χ1) is 9.41. The van der Waals surface area contributed by atoms with Gasteiger partial charge in [0.25, 0.3) is 0 Å². The summed E-state index contributed by atoms with van der Waals surface area (Å²) >= 11 is 0. The van der Waals surface area contributed by atoms with Gasteiger partial charge in [0.15, 0.2) is 0 Å². The molecule has 1 fully saturated rings. The predicted octanol–water partition coefficient (Wildman–Crippen LogP) is 2.24. The quantitative estimate of drug-likeness (QED) is 0.916.